The van der Waals surface area contributed by atoms with E-state index in [-0.39, 0.29) is 10.7 Å². The Morgan fingerprint density at radius 1 is 1.13 bits per heavy atom. The number of benzene rings is 2. The Kier molecular flexibility index (Phi) is 5.48. The Labute approximate surface area is 173 Å². The molecule has 1 aliphatic heterocycles. The smallest absolute Gasteiger partial charge is 0.238 e. The van der Waals surface area contributed by atoms with Gasteiger partial charge in [-0.25, -0.2) is 18.5 Å². The molecule has 0 saturated heterocycles. The van der Waals surface area contributed by atoms with Crippen LogP contribution in [0.1, 0.15) is 12.5 Å². The number of aliphatic imine (C=N–C) groups is 2. The SMILES string of the molecule is CC1=NC(CNCc2ccc(-c3cccc(S(N)(=O)=O)c3-c3nn[nH]n3)cc2)=NC1. The lowest BCUT2D eigenvalue weighted by Gasteiger charge is -2.12. The number of hydrogen-bond acceptors (Lipinski definition) is 8. The predicted molar refractivity (Wildman–Crippen MR) is 114 cm³/mol. The molecule has 0 aliphatic carbocycles. The molecule has 1 aromatic heterocycles. The third kappa shape index (κ3) is 4.32. The minimum Gasteiger partial charge on any atom is -0.306 e. The van der Waals surface area contributed by atoms with Crippen molar-refractivity contribution in [3.63, 3.8) is 0 Å². The van der Waals surface area contributed by atoms with Gasteiger partial charge in [0.05, 0.1) is 23.5 Å². The highest BCUT2D eigenvalue weighted by Crippen LogP contribution is 2.34. The molecule has 0 bridgehead atoms. The number of H-pyrrole nitrogens is 1. The van der Waals surface area contributed by atoms with E-state index < -0.39 is 10.0 Å². The zero-order valence-corrected chi connectivity index (χ0v) is 17.0. The topological polar surface area (TPSA) is 151 Å². The van der Waals surface area contributed by atoms with Gasteiger partial charge in [-0.3, -0.25) is 4.99 Å². The molecule has 10 nitrogen and oxygen atoms in total. The molecule has 2 heterocycles. The van der Waals surface area contributed by atoms with Crippen molar-refractivity contribution in [1.82, 2.24) is 25.9 Å². The van der Waals surface area contributed by atoms with Gasteiger partial charge in [0.15, 0.2) is 0 Å². The van der Waals surface area contributed by atoms with E-state index in [0.717, 1.165) is 22.7 Å². The molecule has 11 heteroatoms. The molecule has 4 N–H and O–H groups in total. The summed E-state index contributed by atoms with van der Waals surface area (Å²) >= 11 is 0. The Bertz CT molecular complexity index is 1220. The normalized spacial score (nSPS) is 13.9. The maximum atomic E-state index is 12.1. The molecule has 3 aromatic rings. The van der Waals surface area contributed by atoms with Crippen molar-refractivity contribution >= 4 is 21.6 Å². The minimum atomic E-state index is -3.98. The van der Waals surface area contributed by atoms with Crippen LogP contribution in [-0.2, 0) is 16.6 Å². The first-order valence-electron chi connectivity index (χ1n) is 9.19. The lowest BCUT2D eigenvalue weighted by molar-refractivity contribution is 0.598. The highest BCUT2D eigenvalue weighted by Gasteiger charge is 2.22. The first-order chi connectivity index (χ1) is 14.4. The molecule has 0 fully saturated rings. The van der Waals surface area contributed by atoms with Crippen molar-refractivity contribution in [1.29, 1.82) is 0 Å². The lowest BCUT2D eigenvalue weighted by Crippen LogP contribution is -2.20. The third-order valence-corrected chi connectivity index (χ3v) is 5.54. The Morgan fingerprint density at radius 2 is 1.93 bits per heavy atom. The summed E-state index contributed by atoms with van der Waals surface area (Å²) < 4.78 is 24.2. The summed E-state index contributed by atoms with van der Waals surface area (Å²) in [5.41, 5.74) is 3.86. The van der Waals surface area contributed by atoms with Crippen LogP contribution in [0.4, 0.5) is 0 Å². The van der Waals surface area contributed by atoms with Gasteiger partial charge in [0, 0.05) is 12.3 Å². The standard InChI is InChI=1S/C19H20N8O2S/c1-12-9-22-17(23-12)11-21-10-13-5-7-14(8-6-13)15-3-2-4-16(30(20,28)29)18(15)19-24-26-27-25-19/h2-8,21H,9-11H2,1H3,(H2,20,28,29)(H,24,25,26,27). The first-order valence-corrected chi connectivity index (χ1v) is 10.7. The maximum absolute atomic E-state index is 12.1. The van der Waals surface area contributed by atoms with Crippen LogP contribution in [0.5, 0.6) is 0 Å². The van der Waals surface area contributed by atoms with Crippen LogP contribution in [0.15, 0.2) is 57.3 Å². The van der Waals surface area contributed by atoms with E-state index in [1.807, 2.05) is 31.2 Å². The Hall–Kier alpha value is -3.28. The monoisotopic (exact) mass is 424 g/mol. The summed E-state index contributed by atoms with van der Waals surface area (Å²) in [6.07, 6.45) is 0. The van der Waals surface area contributed by atoms with Gasteiger partial charge in [0.2, 0.25) is 15.8 Å². The first kappa shape index (κ1) is 20.0. The second-order valence-electron chi connectivity index (χ2n) is 6.84. The number of nitrogens with two attached hydrogens (primary N) is 1. The van der Waals surface area contributed by atoms with E-state index in [1.54, 1.807) is 12.1 Å². The van der Waals surface area contributed by atoms with Gasteiger partial charge in [0.1, 0.15) is 5.84 Å². The van der Waals surface area contributed by atoms with Crippen molar-refractivity contribution in [2.45, 2.75) is 18.4 Å². The van der Waals surface area contributed by atoms with Gasteiger partial charge in [-0.2, -0.15) is 5.21 Å². The van der Waals surface area contributed by atoms with Gasteiger partial charge in [-0.15, -0.1) is 10.2 Å². The van der Waals surface area contributed by atoms with Gasteiger partial charge in [-0.05, 0) is 34.9 Å². The molecule has 30 heavy (non-hydrogen) atoms. The van der Waals surface area contributed by atoms with Gasteiger partial charge < -0.3 is 5.32 Å². The van der Waals surface area contributed by atoms with Crippen LogP contribution in [0, 0.1) is 0 Å². The molecule has 2 aromatic carbocycles. The largest absolute Gasteiger partial charge is 0.306 e. The van der Waals surface area contributed by atoms with Crippen LogP contribution < -0.4 is 10.5 Å². The number of aromatic amines is 1. The molecule has 0 amide bonds. The van der Waals surface area contributed by atoms with Crippen molar-refractivity contribution in [2.24, 2.45) is 15.1 Å². The van der Waals surface area contributed by atoms with Crippen LogP contribution >= 0.6 is 0 Å². The third-order valence-electron chi connectivity index (χ3n) is 4.59. The quantitative estimate of drug-likeness (QED) is 0.517. The average molecular weight is 424 g/mol. The summed E-state index contributed by atoms with van der Waals surface area (Å²) in [6, 6.07) is 12.6. The molecular formula is C19H20N8O2S. The van der Waals surface area contributed by atoms with Crippen molar-refractivity contribution in [2.75, 3.05) is 13.1 Å². The fourth-order valence-electron chi connectivity index (χ4n) is 3.22. The molecule has 154 valence electrons. The fraction of sp³-hybridized carbons (Fsp3) is 0.211. The fourth-order valence-corrected chi connectivity index (χ4v) is 3.97. The van der Waals surface area contributed by atoms with E-state index in [2.05, 4.69) is 35.9 Å². The average Bonchev–Trinajstić information content (AvgIpc) is 3.39. The van der Waals surface area contributed by atoms with Crippen molar-refractivity contribution in [3.8, 4) is 22.5 Å². The second kappa shape index (κ2) is 8.22. The zero-order valence-electron chi connectivity index (χ0n) is 16.2. The highest BCUT2D eigenvalue weighted by molar-refractivity contribution is 7.89. The summed E-state index contributed by atoms with van der Waals surface area (Å²) in [6.45, 7) is 3.90. The van der Waals surface area contributed by atoms with E-state index in [1.165, 1.54) is 6.07 Å². The molecule has 0 atom stereocenters. The number of tetrazole rings is 1. The van der Waals surface area contributed by atoms with Crippen LogP contribution in [-0.4, -0.2) is 53.7 Å². The number of amidine groups is 1. The van der Waals surface area contributed by atoms with Gasteiger partial charge in [-0.1, -0.05) is 36.4 Å². The molecule has 0 radical (unpaired) electrons. The summed E-state index contributed by atoms with van der Waals surface area (Å²) in [7, 11) is -3.98. The number of primary sulfonamides is 1. The van der Waals surface area contributed by atoms with E-state index in [4.69, 9.17) is 5.14 Å². The van der Waals surface area contributed by atoms with E-state index in [9.17, 15) is 8.42 Å². The Morgan fingerprint density at radius 3 is 2.57 bits per heavy atom. The summed E-state index contributed by atoms with van der Waals surface area (Å²) in [4.78, 5) is 8.64. The second-order valence-corrected chi connectivity index (χ2v) is 8.37. The number of sulfonamides is 1. The lowest BCUT2D eigenvalue weighted by atomic mass is 9.98. The molecular weight excluding hydrogens is 404 g/mol. The molecule has 0 unspecified atom stereocenters. The summed E-state index contributed by atoms with van der Waals surface area (Å²) in [5, 5.41) is 22.5. The number of hydrogen-bond donors (Lipinski definition) is 3. The number of nitrogens with one attached hydrogen (secondary N) is 2. The van der Waals surface area contributed by atoms with Crippen LogP contribution in [0.25, 0.3) is 22.5 Å². The minimum absolute atomic E-state index is 0.0553. The number of rotatable bonds is 7. The summed E-state index contributed by atoms with van der Waals surface area (Å²) in [5.74, 6) is 0.974. The van der Waals surface area contributed by atoms with Crippen LogP contribution in [0.2, 0.25) is 0 Å². The highest BCUT2D eigenvalue weighted by atomic mass is 32.2. The zero-order chi connectivity index (χ0) is 21.1. The molecule has 4 rings (SSSR count). The molecule has 1 aliphatic rings. The number of nitrogens with zero attached hydrogens (tertiary/aromatic N) is 5. The van der Waals surface area contributed by atoms with E-state index >= 15 is 0 Å². The van der Waals surface area contributed by atoms with Crippen LogP contribution in [0.3, 0.4) is 0 Å². The van der Waals surface area contributed by atoms with Gasteiger partial charge >= 0.3 is 0 Å². The Balaban J connectivity index is 1.59. The predicted octanol–water partition coefficient (Wildman–Crippen LogP) is 1.14. The van der Waals surface area contributed by atoms with Crippen molar-refractivity contribution < 1.29 is 8.42 Å². The number of aromatic nitrogens is 4. The van der Waals surface area contributed by atoms with E-state index in [0.29, 0.717) is 30.8 Å². The maximum Gasteiger partial charge on any atom is 0.238 e. The van der Waals surface area contributed by atoms with Crippen molar-refractivity contribution in [3.05, 3.63) is 48.0 Å². The molecule has 0 spiro atoms. The molecule has 0 saturated carbocycles. The van der Waals surface area contributed by atoms with Gasteiger partial charge in [0.25, 0.3) is 0 Å².